The predicted molar refractivity (Wildman–Crippen MR) is 559 cm³/mol. The van der Waals surface area contributed by atoms with Crippen LogP contribution >= 0.6 is 0 Å². The van der Waals surface area contributed by atoms with Gasteiger partial charge in [-0.3, -0.25) is 9.59 Å². The van der Waals surface area contributed by atoms with E-state index < -0.39 is 11.8 Å². The number of ether oxygens (including phenoxy) is 6. The van der Waals surface area contributed by atoms with Gasteiger partial charge in [0.1, 0.15) is 45.2 Å². The molecule has 27 fully saturated rings. The van der Waals surface area contributed by atoms with E-state index in [-0.39, 0.29) is 70.8 Å². The molecule has 3 saturated heterocycles. The minimum Gasteiger partial charge on any atom is -0.375 e. The Morgan fingerprint density at radius 1 is 0.234 bits per heavy atom. The number of Topliss-reactive ketones (excluding diaryl/α,β-unsaturated/α-hetero) is 2. The number of halogens is 4. The van der Waals surface area contributed by atoms with Gasteiger partial charge in [-0.15, -0.1) is 0 Å². The highest BCUT2D eigenvalue weighted by Gasteiger charge is 2.84. The first-order chi connectivity index (χ1) is 66.7. The Morgan fingerprint density at radius 3 is 0.766 bits per heavy atom. The van der Waals surface area contributed by atoms with E-state index in [0.29, 0.717) is 139 Å². The van der Waals surface area contributed by atoms with E-state index >= 15 is 0 Å². The van der Waals surface area contributed by atoms with Gasteiger partial charge < -0.3 is 28.4 Å². The van der Waals surface area contributed by atoms with Gasteiger partial charge in [0.15, 0.2) is 0 Å². The van der Waals surface area contributed by atoms with Crippen molar-refractivity contribution in [2.24, 2.45) is 209 Å². The number of carbonyl (C=O) groups is 2. The van der Waals surface area contributed by atoms with E-state index in [4.69, 9.17) is 28.4 Å². The summed E-state index contributed by atoms with van der Waals surface area (Å²) < 4.78 is 94.7. The molecule has 800 valence electrons. The summed E-state index contributed by atoms with van der Waals surface area (Å²) in [6.45, 7) is 50.1. The number of epoxide rings is 3. The SMILES string of the molecule is CC(C)O[C@H]1CC[C@H]2[C@@H]3CC[C@H]4CC(=O)CC[C@]4(C)[C@H]3CC[C@]12C.CC(C)O[C@H]1CC[C@H]2[C@@H]3CC[C@H]4CC(F)(F)CC[C@]4(C)[C@H]3CC[C@]12C.CC(C)O[C@H]1CC[C@H]2[C@@H]3CC[C@H]4CCCC[C@]4(C)[C@H]3CC[C@]12C.CC(C)[C@]12CC[C@H]3[C@@H]4CC[C@H]5CC(=O)CC[C@]5(C)[C@H]4CCC31O2.CC(C)[C@]12CC[C@H]3[C@@H]4CC[C@H]5CC(F)(F)CC[C@]5(C)[C@H]4CCC31O2.CC(C)[C@]12CC[C@H]3[C@@H]4CC[C@H]5CCCC[C@]5(C)[C@H]4CCC31O2. The van der Waals surface area contributed by atoms with Crippen molar-refractivity contribution in [3.05, 3.63) is 0 Å². The van der Waals surface area contributed by atoms with Gasteiger partial charge in [-0.1, -0.05) is 130 Å². The summed E-state index contributed by atoms with van der Waals surface area (Å²) in [5.74, 6) is 17.5. The van der Waals surface area contributed by atoms with Gasteiger partial charge in [0.25, 0.3) is 0 Å². The van der Waals surface area contributed by atoms with E-state index in [1.807, 2.05) is 0 Å². The summed E-state index contributed by atoms with van der Waals surface area (Å²) in [5.41, 5.74) is 5.21. The zero-order valence-electron chi connectivity index (χ0n) is 93.9. The molecule has 0 bridgehead atoms. The molecule has 3 unspecified atom stereocenters. The third-order valence-corrected chi connectivity index (χ3v) is 54.9. The normalized spacial score (nSPS) is 55.0. The fourth-order valence-corrected chi connectivity index (χ4v) is 47.6. The third-order valence-electron chi connectivity index (χ3n) is 54.9. The standard InChI is InChI=1S/C22H36F2O.C22H36O2.C22H38O.C21H32F2O.C21H32O2.C21H34O/c1-14(2)25-19-8-7-17-16-6-5-15-13-22(23,24)12-11-20(15,3)18(16)9-10-21(17,19)4;1-14(2)24-20-8-7-18-17-6-5-15-13-16(23)9-11-21(15,3)19(17)10-12-22(18,20)4;1-15(2)23-20-11-10-18-17-9-8-16-7-5-6-13-21(16,3)19(17)12-14-22(18,20)4;1-13(2)20-8-7-17-15-5-4-14-12-19(22,23)11-10-18(14,3)16(15)6-9-21(17,20)24-20;1-13(2)20-10-8-18-16-5-4-14-12-15(22)6-9-19(14,3)17(16)7-11-21(18,20)23-20;1-14(2)20-12-10-18-16-8-7-15-6-4-5-11-19(15,3)17(16)9-13-21(18,20)22-20/h14-19H,5-13H2,1-4H3;14-15,17-20H,5-13H2,1-4H3;15-20H,5-14H2,1-4H3;13-17H,4-12H2,1-3H3;13-14,16-18H,4-12H2,1-3H3;14-18H,4-13H2,1-3H3/t15-,16-,17-,18-,19-,20-,21-;15-,17-,18-,19-,20-,21-,22-;16-,17+,18+,19+,20+,21+,22+;14-,15+,16-,17-,18-,20+,21?;14-,16+,17-,18-,19-,20+,21?;15-,16-,17+,18+,19+,20-,21?/m001001/s1. The summed E-state index contributed by atoms with van der Waals surface area (Å²) in [4.78, 5) is 23.9. The highest BCUT2D eigenvalue weighted by Crippen LogP contribution is 2.81. The molecule has 3 aliphatic heterocycles. The van der Waals surface area contributed by atoms with Crippen LogP contribution in [0.15, 0.2) is 0 Å². The molecule has 8 nitrogen and oxygen atoms in total. The molecule has 0 aromatic carbocycles. The Hall–Kier alpha value is -1.18. The number of alkyl halides is 4. The second-order valence-corrected chi connectivity index (χ2v) is 61.3. The summed E-state index contributed by atoms with van der Waals surface area (Å²) >= 11 is 0. The number of hydrogen-bond acceptors (Lipinski definition) is 8. The van der Waals surface area contributed by atoms with Crippen LogP contribution < -0.4 is 0 Å². The van der Waals surface area contributed by atoms with Crippen LogP contribution in [0, 0.1) is 209 Å². The molecular formula is C129H208F4O8. The van der Waals surface area contributed by atoms with Crippen molar-refractivity contribution in [2.75, 3.05) is 0 Å². The number of ketones is 2. The van der Waals surface area contributed by atoms with E-state index in [9.17, 15) is 27.2 Å². The molecule has 141 heavy (non-hydrogen) atoms. The maximum Gasteiger partial charge on any atom is 0.248 e. The first-order valence-electron chi connectivity index (χ1n) is 62.5. The lowest BCUT2D eigenvalue weighted by Gasteiger charge is -2.61. The van der Waals surface area contributed by atoms with E-state index in [0.717, 1.165) is 171 Å². The van der Waals surface area contributed by atoms with Gasteiger partial charge in [-0.25, -0.2) is 17.6 Å². The number of hydrogen-bond donors (Lipinski definition) is 0. The van der Waals surface area contributed by atoms with Crippen molar-refractivity contribution in [1.82, 2.24) is 0 Å². The molecule has 0 N–H and O–H groups in total. The molecule has 12 heteroatoms. The molecular weight excluding hydrogens is 1750 g/mol. The van der Waals surface area contributed by atoms with Gasteiger partial charge >= 0.3 is 0 Å². The maximum absolute atomic E-state index is 14.0. The highest BCUT2D eigenvalue weighted by atomic mass is 19.3. The predicted octanol–water partition coefficient (Wildman–Crippen LogP) is 34.2. The number of fused-ring (bicyclic) bond motifs is 27. The monoisotopic (exact) mass is 1960 g/mol. The Morgan fingerprint density at radius 2 is 0.482 bits per heavy atom. The van der Waals surface area contributed by atoms with Crippen molar-refractivity contribution < 1.29 is 55.6 Å². The van der Waals surface area contributed by atoms with Crippen molar-refractivity contribution in [1.29, 1.82) is 0 Å². The first-order valence-corrected chi connectivity index (χ1v) is 62.5. The fourth-order valence-electron chi connectivity index (χ4n) is 47.6. The van der Waals surface area contributed by atoms with Crippen LogP contribution in [-0.2, 0) is 38.0 Å². The van der Waals surface area contributed by atoms with Crippen LogP contribution in [0.4, 0.5) is 17.6 Å². The van der Waals surface area contributed by atoms with Crippen LogP contribution in [0.3, 0.4) is 0 Å². The second kappa shape index (κ2) is 36.8. The topological polar surface area (TPSA) is 99.4 Å². The van der Waals surface area contributed by atoms with Gasteiger partial charge in [0.05, 0.1) is 36.6 Å². The minimum atomic E-state index is -2.41. The lowest BCUT2D eigenvalue weighted by atomic mass is 9.45. The summed E-state index contributed by atoms with van der Waals surface area (Å²) in [5, 5.41) is 0. The number of rotatable bonds is 9. The summed E-state index contributed by atoms with van der Waals surface area (Å²) in [6.07, 6.45) is 70.1. The molecule has 24 aliphatic carbocycles. The Labute approximate surface area is 857 Å². The molecule has 27 aliphatic rings. The van der Waals surface area contributed by atoms with Gasteiger partial charge in [-0.2, -0.15) is 0 Å². The first kappa shape index (κ1) is 104. The maximum atomic E-state index is 14.0. The molecule has 27 rings (SSSR count). The molecule has 0 aromatic heterocycles. The van der Waals surface area contributed by atoms with Crippen molar-refractivity contribution in [3.63, 3.8) is 0 Å². The third kappa shape index (κ3) is 16.2. The average molecular weight is 1960 g/mol. The van der Waals surface area contributed by atoms with E-state index in [2.05, 4.69) is 145 Å². The minimum absolute atomic E-state index is 0.115. The van der Waals surface area contributed by atoms with Crippen LogP contribution in [0.1, 0.15) is 505 Å². The largest absolute Gasteiger partial charge is 0.375 e. The van der Waals surface area contributed by atoms with Crippen molar-refractivity contribution >= 4 is 11.6 Å². The van der Waals surface area contributed by atoms with E-state index in [1.165, 1.54) is 270 Å². The molecule has 0 aromatic rings. The van der Waals surface area contributed by atoms with Gasteiger partial charge in [0, 0.05) is 51.4 Å². The zero-order valence-corrected chi connectivity index (χ0v) is 93.9. The molecule has 0 radical (unpaired) electrons. The molecule has 3 spiro atoms. The summed E-state index contributed by atoms with van der Waals surface area (Å²) in [7, 11) is 0. The molecule has 3 heterocycles. The number of carbonyl (C=O) groups excluding carboxylic acids is 2. The van der Waals surface area contributed by atoms with E-state index in [1.54, 1.807) is 0 Å². The molecule has 24 saturated carbocycles. The van der Waals surface area contributed by atoms with Gasteiger partial charge in [0.2, 0.25) is 11.8 Å². The zero-order chi connectivity index (χ0) is 99.5. The summed E-state index contributed by atoms with van der Waals surface area (Å²) in [6, 6.07) is 0. The molecule has 42 atom stereocenters. The fraction of sp³-hybridized carbons (Fsp3) is 0.984. The smallest absolute Gasteiger partial charge is 0.248 e. The van der Waals surface area contributed by atoms with Crippen molar-refractivity contribution in [2.45, 2.75) is 587 Å². The quantitative estimate of drug-likeness (QED) is 0.166. The lowest BCUT2D eigenvalue weighted by molar-refractivity contribution is -0.172. The Kier molecular flexibility index (Phi) is 27.2. The van der Waals surface area contributed by atoms with Crippen molar-refractivity contribution in [3.8, 4) is 0 Å². The van der Waals surface area contributed by atoms with Crippen LogP contribution in [-0.4, -0.2) is 93.6 Å². The van der Waals surface area contributed by atoms with Crippen LogP contribution in [0.5, 0.6) is 0 Å². The Bertz CT molecular complexity index is 4500. The van der Waals surface area contributed by atoms with Crippen LogP contribution in [0.25, 0.3) is 0 Å². The molecule has 0 amide bonds. The highest BCUT2D eigenvalue weighted by molar-refractivity contribution is 5.80. The average Bonchev–Trinajstić information content (AvgIpc) is 1.49. The Balaban J connectivity index is 0.0000000971. The second-order valence-electron chi connectivity index (χ2n) is 61.3. The van der Waals surface area contributed by atoms with Crippen LogP contribution in [0.2, 0.25) is 0 Å². The lowest BCUT2D eigenvalue weighted by Crippen LogP contribution is -2.55. The van der Waals surface area contributed by atoms with Gasteiger partial charge in [-0.05, 0) is 533 Å².